The molecule has 0 saturated carbocycles. The fourth-order valence-electron chi connectivity index (χ4n) is 2.83. The van der Waals surface area contributed by atoms with Crippen LogP contribution in [-0.2, 0) is 4.79 Å². The summed E-state index contributed by atoms with van der Waals surface area (Å²) in [4.78, 5) is 23.6. The number of aromatic carboxylic acids is 1. The van der Waals surface area contributed by atoms with Gasteiger partial charge in [-0.3, -0.25) is 4.79 Å². The number of aryl methyl sites for hydroxylation is 2. The predicted molar refractivity (Wildman–Crippen MR) is 109 cm³/mol. The van der Waals surface area contributed by atoms with Crippen molar-refractivity contribution in [1.82, 2.24) is 0 Å². The Bertz CT molecular complexity index is 1170. The van der Waals surface area contributed by atoms with Crippen LogP contribution >= 0.6 is 0 Å². The summed E-state index contributed by atoms with van der Waals surface area (Å²) < 4.78 is 5.68. The van der Waals surface area contributed by atoms with Crippen LogP contribution < -0.4 is 5.32 Å². The van der Waals surface area contributed by atoms with Gasteiger partial charge in [0.15, 0.2) is 0 Å². The molecule has 6 nitrogen and oxygen atoms in total. The number of carboxylic acids is 1. The lowest BCUT2D eigenvalue weighted by Gasteiger charge is -2.08. The molecule has 144 valence electrons. The molecule has 3 aromatic rings. The van der Waals surface area contributed by atoms with E-state index in [0.717, 1.165) is 11.1 Å². The first kappa shape index (κ1) is 19.6. The molecule has 6 heteroatoms. The SMILES string of the molecule is Cc1ccc(NC(=O)/C(C#N)=C/c2ccc(-c3cccc(C(=O)O)c3)o2)c(C)c1. The highest BCUT2D eigenvalue weighted by Crippen LogP contribution is 2.25. The van der Waals surface area contributed by atoms with Crippen molar-refractivity contribution in [3.63, 3.8) is 0 Å². The molecule has 3 rings (SSSR count). The van der Waals surface area contributed by atoms with E-state index >= 15 is 0 Å². The van der Waals surface area contributed by atoms with E-state index < -0.39 is 11.9 Å². The maximum atomic E-state index is 12.5. The van der Waals surface area contributed by atoms with Crippen molar-refractivity contribution >= 4 is 23.6 Å². The average Bonchev–Trinajstić information content (AvgIpc) is 3.17. The Morgan fingerprint density at radius 1 is 1.10 bits per heavy atom. The van der Waals surface area contributed by atoms with Crippen LogP contribution in [0, 0.1) is 25.2 Å². The first-order valence-corrected chi connectivity index (χ1v) is 8.81. The third-order valence-corrected chi connectivity index (χ3v) is 4.30. The van der Waals surface area contributed by atoms with Crippen molar-refractivity contribution in [2.24, 2.45) is 0 Å². The average molecular weight is 386 g/mol. The zero-order chi connectivity index (χ0) is 21.0. The molecule has 0 bridgehead atoms. The van der Waals surface area contributed by atoms with Crippen LogP contribution in [0.5, 0.6) is 0 Å². The van der Waals surface area contributed by atoms with E-state index in [1.807, 2.05) is 32.0 Å². The number of anilines is 1. The number of carboxylic acid groups (broad SMARTS) is 1. The van der Waals surface area contributed by atoms with E-state index in [2.05, 4.69) is 5.32 Å². The minimum absolute atomic E-state index is 0.106. The topological polar surface area (TPSA) is 103 Å². The van der Waals surface area contributed by atoms with Crippen LogP contribution in [0.1, 0.15) is 27.2 Å². The van der Waals surface area contributed by atoms with E-state index in [4.69, 9.17) is 9.52 Å². The number of hydrogen-bond acceptors (Lipinski definition) is 4. The molecule has 1 aromatic heterocycles. The van der Waals surface area contributed by atoms with Gasteiger partial charge in [0.25, 0.3) is 5.91 Å². The predicted octanol–water partition coefficient (Wildman–Crippen LogP) is 4.81. The molecule has 29 heavy (non-hydrogen) atoms. The lowest BCUT2D eigenvalue weighted by molar-refractivity contribution is -0.112. The number of hydrogen-bond donors (Lipinski definition) is 2. The molecule has 0 aliphatic carbocycles. The van der Waals surface area contributed by atoms with Gasteiger partial charge >= 0.3 is 5.97 Å². The van der Waals surface area contributed by atoms with Crippen LogP contribution in [0.4, 0.5) is 5.69 Å². The standard InChI is InChI=1S/C23H18N2O4/c1-14-6-8-20(15(2)10-14)25-22(26)18(13-24)12-19-7-9-21(29-19)16-4-3-5-17(11-16)23(27)28/h3-12H,1-2H3,(H,25,26)(H,27,28)/b18-12+. The van der Waals surface area contributed by atoms with E-state index in [9.17, 15) is 14.9 Å². The summed E-state index contributed by atoms with van der Waals surface area (Å²) in [6.45, 7) is 3.84. The molecule has 1 amide bonds. The molecule has 2 N–H and O–H groups in total. The van der Waals surface area contributed by atoms with Gasteiger partial charge in [-0.1, -0.05) is 29.8 Å². The number of furan rings is 1. The number of carbonyl (C=O) groups excluding carboxylic acids is 1. The van der Waals surface area contributed by atoms with Gasteiger partial charge in [0.05, 0.1) is 5.56 Å². The Hall–Kier alpha value is -4.11. The summed E-state index contributed by atoms with van der Waals surface area (Å²) in [6, 6.07) is 17.1. The molecule has 0 aliphatic heterocycles. The number of nitrogens with zero attached hydrogens (tertiary/aromatic N) is 1. The molecule has 0 saturated heterocycles. The van der Waals surface area contributed by atoms with Crippen molar-refractivity contribution in [2.75, 3.05) is 5.32 Å². The van der Waals surface area contributed by atoms with Gasteiger partial charge in [0.2, 0.25) is 0 Å². The Labute approximate surface area is 167 Å². The zero-order valence-electron chi connectivity index (χ0n) is 15.9. The number of amides is 1. The molecular formula is C23H18N2O4. The zero-order valence-corrected chi connectivity index (χ0v) is 15.9. The van der Waals surface area contributed by atoms with Crippen molar-refractivity contribution in [3.05, 3.63) is 82.6 Å². The number of rotatable bonds is 5. The third kappa shape index (κ3) is 4.60. The normalized spacial score (nSPS) is 11.0. The molecule has 0 aliphatic rings. The first-order valence-electron chi connectivity index (χ1n) is 8.81. The fourth-order valence-corrected chi connectivity index (χ4v) is 2.83. The fraction of sp³-hybridized carbons (Fsp3) is 0.0870. The second-order valence-electron chi connectivity index (χ2n) is 6.53. The molecular weight excluding hydrogens is 368 g/mol. The maximum Gasteiger partial charge on any atom is 0.335 e. The number of benzene rings is 2. The summed E-state index contributed by atoms with van der Waals surface area (Å²) >= 11 is 0. The number of carbonyl (C=O) groups is 2. The quantitative estimate of drug-likeness (QED) is 0.484. The highest BCUT2D eigenvalue weighted by atomic mass is 16.4. The highest BCUT2D eigenvalue weighted by Gasteiger charge is 2.13. The lowest BCUT2D eigenvalue weighted by atomic mass is 10.1. The summed E-state index contributed by atoms with van der Waals surface area (Å²) in [5.41, 5.74) is 3.22. The maximum absolute atomic E-state index is 12.5. The van der Waals surface area contributed by atoms with Gasteiger partial charge < -0.3 is 14.8 Å². The number of nitriles is 1. The summed E-state index contributed by atoms with van der Waals surface area (Å²) in [5.74, 6) is -0.821. The van der Waals surface area contributed by atoms with E-state index in [1.54, 1.807) is 30.3 Å². The summed E-state index contributed by atoms with van der Waals surface area (Å²) in [6.07, 6.45) is 1.35. The monoisotopic (exact) mass is 386 g/mol. The van der Waals surface area contributed by atoms with Gasteiger partial charge in [0, 0.05) is 17.3 Å². The van der Waals surface area contributed by atoms with Crippen LogP contribution in [0.2, 0.25) is 0 Å². The molecule has 2 aromatic carbocycles. The second kappa shape index (κ2) is 8.28. The van der Waals surface area contributed by atoms with Gasteiger partial charge in [-0.05, 0) is 49.7 Å². The van der Waals surface area contributed by atoms with Crippen molar-refractivity contribution in [2.45, 2.75) is 13.8 Å². The van der Waals surface area contributed by atoms with Crippen LogP contribution in [-0.4, -0.2) is 17.0 Å². The molecule has 1 heterocycles. The summed E-state index contributed by atoms with van der Waals surface area (Å²) in [7, 11) is 0. The highest BCUT2D eigenvalue weighted by molar-refractivity contribution is 6.09. The van der Waals surface area contributed by atoms with Gasteiger partial charge in [-0.15, -0.1) is 0 Å². The smallest absolute Gasteiger partial charge is 0.335 e. The molecule has 0 unspecified atom stereocenters. The Morgan fingerprint density at radius 2 is 1.90 bits per heavy atom. The Kier molecular flexibility index (Phi) is 5.61. The van der Waals surface area contributed by atoms with Crippen LogP contribution in [0.3, 0.4) is 0 Å². The molecule has 0 fully saturated rings. The molecule has 0 spiro atoms. The summed E-state index contributed by atoms with van der Waals surface area (Å²) in [5, 5.41) is 21.2. The Morgan fingerprint density at radius 3 is 2.59 bits per heavy atom. The van der Waals surface area contributed by atoms with Gasteiger partial charge in [-0.25, -0.2) is 4.79 Å². The Balaban J connectivity index is 1.83. The minimum Gasteiger partial charge on any atom is -0.478 e. The van der Waals surface area contributed by atoms with Crippen molar-refractivity contribution in [1.29, 1.82) is 5.26 Å². The van der Waals surface area contributed by atoms with E-state index in [0.29, 0.717) is 22.8 Å². The van der Waals surface area contributed by atoms with Crippen molar-refractivity contribution in [3.8, 4) is 17.4 Å². The molecule has 0 atom stereocenters. The minimum atomic E-state index is -1.03. The van der Waals surface area contributed by atoms with Gasteiger partial charge in [0.1, 0.15) is 23.2 Å². The lowest BCUT2D eigenvalue weighted by Crippen LogP contribution is -2.14. The molecule has 0 radical (unpaired) electrons. The first-order chi connectivity index (χ1) is 13.9. The van der Waals surface area contributed by atoms with Crippen LogP contribution in [0.15, 0.2) is 64.6 Å². The van der Waals surface area contributed by atoms with E-state index in [-0.39, 0.29) is 11.1 Å². The number of nitrogens with one attached hydrogen (secondary N) is 1. The van der Waals surface area contributed by atoms with Crippen LogP contribution in [0.25, 0.3) is 17.4 Å². The second-order valence-corrected chi connectivity index (χ2v) is 6.53. The van der Waals surface area contributed by atoms with Crippen molar-refractivity contribution < 1.29 is 19.1 Å². The third-order valence-electron chi connectivity index (χ3n) is 4.30. The van der Waals surface area contributed by atoms with Gasteiger partial charge in [-0.2, -0.15) is 5.26 Å². The largest absolute Gasteiger partial charge is 0.478 e. The van der Waals surface area contributed by atoms with E-state index in [1.165, 1.54) is 18.2 Å².